The molecule has 0 aromatic rings. The van der Waals surface area contributed by atoms with E-state index in [0.717, 1.165) is 71.5 Å². The Balaban J connectivity index is 1.64. The van der Waals surface area contributed by atoms with Crippen molar-refractivity contribution in [3.05, 3.63) is 0 Å². The highest BCUT2D eigenvalue weighted by atomic mass is 16.5. The van der Waals surface area contributed by atoms with Crippen LogP contribution in [0.25, 0.3) is 0 Å². The fourth-order valence-electron chi connectivity index (χ4n) is 2.54. The molecule has 0 radical (unpaired) electrons. The van der Waals surface area contributed by atoms with Crippen LogP contribution in [0.5, 0.6) is 0 Å². The number of carbonyl (C=O) groups excluding carboxylic acids is 1. The largest absolute Gasteiger partial charge is 0.381 e. The Bertz CT molecular complexity index is 435. The van der Waals surface area contributed by atoms with Gasteiger partial charge in [0.25, 0.3) is 0 Å². The smallest absolute Gasteiger partial charge is 0.243 e. The number of hydrogen-bond acceptors (Lipinski definition) is 5. The van der Waals surface area contributed by atoms with Crippen LogP contribution in [-0.4, -0.2) is 101 Å². The molecular weight excluding hydrogens is 334 g/mol. The van der Waals surface area contributed by atoms with Crippen LogP contribution in [0.15, 0.2) is 4.99 Å². The molecule has 1 aliphatic carbocycles. The lowest BCUT2D eigenvalue weighted by Crippen LogP contribution is -2.45. The summed E-state index contributed by atoms with van der Waals surface area (Å²) in [7, 11) is 3.49. The Morgan fingerprint density at radius 1 is 1.23 bits per heavy atom. The van der Waals surface area contributed by atoms with Crippen LogP contribution in [0.4, 0.5) is 0 Å². The number of hydrogen-bond donors (Lipinski definition) is 2. The molecule has 1 saturated carbocycles. The van der Waals surface area contributed by atoms with Crippen LogP contribution < -0.4 is 10.6 Å². The standard InChI is InChI=1S/C18H35N5O3/c1-22(2)17(24)14-21-18(19-6-3-11-26-15-16-4-5-16)20-7-8-23-9-12-25-13-10-23/h16H,3-15H2,1-2H3,(H2,19,20,21). The molecule has 2 N–H and O–H groups in total. The third-order valence-electron chi connectivity index (χ3n) is 4.50. The Labute approximate surface area is 157 Å². The Morgan fingerprint density at radius 2 is 1.96 bits per heavy atom. The first kappa shape index (κ1) is 20.9. The van der Waals surface area contributed by atoms with Crippen molar-refractivity contribution in [2.24, 2.45) is 10.9 Å². The predicted octanol–water partition coefficient (Wildman–Crippen LogP) is -0.241. The molecule has 8 nitrogen and oxygen atoms in total. The zero-order valence-corrected chi connectivity index (χ0v) is 16.3. The van der Waals surface area contributed by atoms with Crippen LogP contribution in [0, 0.1) is 5.92 Å². The summed E-state index contributed by atoms with van der Waals surface area (Å²) in [6.45, 7) is 7.88. The molecule has 8 heteroatoms. The molecule has 2 rings (SSSR count). The average molecular weight is 370 g/mol. The van der Waals surface area contributed by atoms with Gasteiger partial charge in [0.1, 0.15) is 6.54 Å². The second-order valence-electron chi connectivity index (χ2n) is 7.13. The highest BCUT2D eigenvalue weighted by Crippen LogP contribution is 2.28. The van der Waals surface area contributed by atoms with E-state index < -0.39 is 0 Å². The number of amides is 1. The van der Waals surface area contributed by atoms with E-state index in [1.54, 1.807) is 19.0 Å². The number of likely N-dealkylation sites (N-methyl/N-ethyl adjacent to an activating group) is 1. The van der Waals surface area contributed by atoms with Gasteiger partial charge in [-0.15, -0.1) is 0 Å². The lowest BCUT2D eigenvalue weighted by atomic mass is 10.4. The van der Waals surface area contributed by atoms with Gasteiger partial charge in [-0.2, -0.15) is 0 Å². The van der Waals surface area contributed by atoms with Crippen molar-refractivity contribution in [1.29, 1.82) is 0 Å². The number of nitrogens with one attached hydrogen (secondary N) is 2. The third-order valence-corrected chi connectivity index (χ3v) is 4.50. The van der Waals surface area contributed by atoms with E-state index in [4.69, 9.17) is 9.47 Å². The number of rotatable bonds is 11. The van der Waals surface area contributed by atoms with E-state index in [-0.39, 0.29) is 12.5 Å². The number of morpholine rings is 1. The molecule has 2 fully saturated rings. The highest BCUT2D eigenvalue weighted by molar-refractivity contribution is 5.84. The lowest BCUT2D eigenvalue weighted by molar-refractivity contribution is -0.127. The number of aliphatic imine (C=N–C) groups is 1. The van der Waals surface area contributed by atoms with Crippen molar-refractivity contribution in [1.82, 2.24) is 20.4 Å². The summed E-state index contributed by atoms with van der Waals surface area (Å²) in [5.74, 6) is 1.49. The topological polar surface area (TPSA) is 78.4 Å². The second kappa shape index (κ2) is 12.1. The van der Waals surface area contributed by atoms with Crippen molar-refractivity contribution in [2.75, 3.05) is 79.8 Å². The average Bonchev–Trinajstić information content (AvgIpc) is 3.46. The minimum atomic E-state index is -0.00736. The van der Waals surface area contributed by atoms with Crippen molar-refractivity contribution in [3.63, 3.8) is 0 Å². The van der Waals surface area contributed by atoms with Crippen LogP contribution in [0.2, 0.25) is 0 Å². The van der Waals surface area contributed by atoms with E-state index in [9.17, 15) is 4.79 Å². The summed E-state index contributed by atoms with van der Waals surface area (Å²) in [4.78, 5) is 20.1. The minimum Gasteiger partial charge on any atom is -0.381 e. The molecule has 0 unspecified atom stereocenters. The molecule has 2 aliphatic rings. The zero-order valence-electron chi connectivity index (χ0n) is 16.3. The zero-order chi connectivity index (χ0) is 18.6. The van der Waals surface area contributed by atoms with Gasteiger partial charge in [-0.3, -0.25) is 9.69 Å². The summed E-state index contributed by atoms with van der Waals surface area (Å²) >= 11 is 0. The number of carbonyl (C=O) groups is 1. The number of ether oxygens (including phenoxy) is 2. The molecule has 1 heterocycles. The molecule has 1 amide bonds. The van der Waals surface area contributed by atoms with Gasteiger partial charge in [-0.25, -0.2) is 4.99 Å². The molecule has 150 valence electrons. The third kappa shape index (κ3) is 9.35. The van der Waals surface area contributed by atoms with Crippen LogP contribution >= 0.6 is 0 Å². The number of guanidine groups is 1. The first-order chi connectivity index (χ1) is 12.6. The van der Waals surface area contributed by atoms with Gasteiger partial charge in [0.05, 0.1) is 13.2 Å². The van der Waals surface area contributed by atoms with Crippen molar-refractivity contribution in [3.8, 4) is 0 Å². The number of nitrogens with zero attached hydrogens (tertiary/aromatic N) is 3. The quantitative estimate of drug-likeness (QED) is 0.297. The molecule has 0 spiro atoms. The summed E-state index contributed by atoms with van der Waals surface area (Å²) in [6, 6.07) is 0. The van der Waals surface area contributed by atoms with E-state index in [1.807, 2.05) is 0 Å². The molecule has 0 atom stereocenters. The monoisotopic (exact) mass is 369 g/mol. The molecule has 0 bridgehead atoms. The molecule has 26 heavy (non-hydrogen) atoms. The van der Waals surface area contributed by atoms with Crippen molar-refractivity contribution < 1.29 is 14.3 Å². The van der Waals surface area contributed by atoms with Gasteiger partial charge < -0.3 is 25.0 Å². The summed E-state index contributed by atoms with van der Waals surface area (Å²) < 4.78 is 11.0. The van der Waals surface area contributed by atoms with E-state index in [0.29, 0.717) is 5.96 Å². The van der Waals surface area contributed by atoms with Gasteiger partial charge in [0.2, 0.25) is 5.91 Å². The Hall–Kier alpha value is -1.38. The first-order valence-corrected chi connectivity index (χ1v) is 9.75. The van der Waals surface area contributed by atoms with Gasteiger partial charge in [-0.1, -0.05) is 0 Å². The fourth-order valence-corrected chi connectivity index (χ4v) is 2.54. The summed E-state index contributed by atoms with van der Waals surface area (Å²) in [6.07, 6.45) is 3.57. The molecule has 1 aliphatic heterocycles. The Morgan fingerprint density at radius 3 is 2.65 bits per heavy atom. The van der Waals surface area contributed by atoms with Gasteiger partial charge in [0.15, 0.2) is 5.96 Å². The van der Waals surface area contributed by atoms with Crippen molar-refractivity contribution in [2.45, 2.75) is 19.3 Å². The van der Waals surface area contributed by atoms with Gasteiger partial charge in [0, 0.05) is 60.0 Å². The minimum absolute atomic E-state index is 0.00736. The normalized spacial score (nSPS) is 18.6. The highest BCUT2D eigenvalue weighted by Gasteiger charge is 2.20. The van der Waals surface area contributed by atoms with Crippen LogP contribution in [0.1, 0.15) is 19.3 Å². The van der Waals surface area contributed by atoms with Crippen LogP contribution in [-0.2, 0) is 14.3 Å². The first-order valence-electron chi connectivity index (χ1n) is 9.75. The fraction of sp³-hybridized carbons (Fsp3) is 0.889. The molecular formula is C18H35N5O3. The van der Waals surface area contributed by atoms with E-state index >= 15 is 0 Å². The van der Waals surface area contributed by atoms with E-state index in [1.165, 1.54) is 12.8 Å². The second-order valence-corrected chi connectivity index (χ2v) is 7.13. The van der Waals surface area contributed by atoms with E-state index in [2.05, 4.69) is 20.5 Å². The van der Waals surface area contributed by atoms with Crippen LogP contribution in [0.3, 0.4) is 0 Å². The molecule has 1 saturated heterocycles. The summed E-state index contributed by atoms with van der Waals surface area (Å²) in [5.41, 5.74) is 0. The van der Waals surface area contributed by atoms with Gasteiger partial charge in [-0.05, 0) is 25.2 Å². The lowest BCUT2D eigenvalue weighted by Gasteiger charge is -2.26. The maximum atomic E-state index is 11.8. The predicted molar refractivity (Wildman–Crippen MR) is 102 cm³/mol. The van der Waals surface area contributed by atoms with Gasteiger partial charge >= 0.3 is 0 Å². The summed E-state index contributed by atoms with van der Waals surface area (Å²) in [5, 5.41) is 6.63. The SMILES string of the molecule is CN(C)C(=O)CN=C(NCCCOCC1CC1)NCCN1CCOCC1. The van der Waals surface area contributed by atoms with Crippen molar-refractivity contribution >= 4 is 11.9 Å². The maximum Gasteiger partial charge on any atom is 0.243 e. The Kier molecular flexibility index (Phi) is 9.73. The molecule has 0 aromatic carbocycles. The maximum absolute atomic E-state index is 11.8. The molecule has 0 aromatic heterocycles.